The summed E-state index contributed by atoms with van der Waals surface area (Å²) in [4.78, 5) is 25.0. The van der Waals surface area contributed by atoms with Crippen LogP contribution in [0.4, 0.5) is 0 Å². The van der Waals surface area contributed by atoms with Crippen molar-refractivity contribution in [1.29, 1.82) is 0 Å². The van der Waals surface area contributed by atoms with Crippen molar-refractivity contribution in [1.82, 2.24) is 10.2 Å². The Labute approximate surface area is 108 Å². The Morgan fingerprint density at radius 3 is 2.83 bits per heavy atom. The molecular formula is C13H22N2O3. The molecule has 1 unspecified atom stereocenters. The molecule has 0 spiro atoms. The van der Waals surface area contributed by atoms with E-state index >= 15 is 0 Å². The van der Waals surface area contributed by atoms with Gasteiger partial charge in [-0.3, -0.25) is 9.69 Å². The van der Waals surface area contributed by atoms with E-state index in [0.717, 1.165) is 19.5 Å². The summed E-state index contributed by atoms with van der Waals surface area (Å²) in [6.07, 6.45) is 4.08. The minimum atomic E-state index is -0.314. The van der Waals surface area contributed by atoms with Gasteiger partial charge in [-0.05, 0) is 26.8 Å². The molecule has 1 amide bonds. The van der Waals surface area contributed by atoms with Crippen LogP contribution in [-0.2, 0) is 14.3 Å². The van der Waals surface area contributed by atoms with E-state index in [1.165, 1.54) is 6.08 Å². The number of rotatable bonds is 5. The smallest absolute Gasteiger partial charge is 0.330 e. The molecule has 18 heavy (non-hydrogen) atoms. The zero-order chi connectivity index (χ0) is 13.6. The van der Waals surface area contributed by atoms with Crippen LogP contribution in [-0.4, -0.2) is 50.1 Å². The second-order valence-corrected chi connectivity index (χ2v) is 4.78. The number of nitrogens with one attached hydrogen (secondary N) is 1. The maximum atomic E-state index is 11.7. The van der Waals surface area contributed by atoms with Crippen LogP contribution in [0.5, 0.6) is 0 Å². The standard InChI is InChI=1S/C13H22N2O3/c1-4-18-11(16)6-5-8-15-9-7-13(2,10-15)12(17)14-3/h5-6H,4,7-10H2,1-3H3,(H,14,17)/b6-5+. The van der Waals surface area contributed by atoms with E-state index in [1.807, 2.05) is 6.92 Å². The highest BCUT2D eigenvalue weighted by molar-refractivity contribution is 5.82. The number of likely N-dealkylation sites (tertiary alicyclic amines) is 1. The van der Waals surface area contributed by atoms with Crippen LogP contribution in [0.1, 0.15) is 20.3 Å². The number of carbonyl (C=O) groups is 2. The van der Waals surface area contributed by atoms with Crippen molar-refractivity contribution in [3.8, 4) is 0 Å². The fourth-order valence-electron chi connectivity index (χ4n) is 2.19. The van der Waals surface area contributed by atoms with Crippen LogP contribution in [0.2, 0.25) is 0 Å². The zero-order valence-electron chi connectivity index (χ0n) is 11.4. The summed E-state index contributed by atoms with van der Waals surface area (Å²) in [5, 5.41) is 2.70. The monoisotopic (exact) mass is 254 g/mol. The third kappa shape index (κ3) is 3.84. The topological polar surface area (TPSA) is 58.6 Å². The zero-order valence-corrected chi connectivity index (χ0v) is 11.4. The molecule has 5 heteroatoms. The second kappa shape index (κ2) is 6.54. The Morgan fingerprint density at radius 1 is 1.50 bits per heavy atom. The van der Waals surface area contributed by atoms with Gasteiger partial charge in [0.05, 0.1) is 12.0 Å². The number of hydrogen-bond acceptors (Lipinski definition) is 4. The molecule has 0 saturated carbocycles. The van der Waals surface area contributed by atoms with Crippen LogP contribution < -0.4 is 5.32 Å². The number of carbonyl (C=O) groups excluding carboxylic acids is 2. The van der Waals surface area contributed by atoms with Crippen LogP contribution >= 0.6 is 0 Å². The van der Waals surface area contributed by atoms with E-state index in [4.69, 9.17) is 4.74 Å². The molecule has 0 aromatic carbocycles. The summed E-state index contributed by atoms with van der Waals surface area (Å²) in [6, 6.07) is 0. The molecule has 102 valence electrons. The highest BCUT2D eigenvalue weighted by Gasteiger charge is 2.39. The van der Waals surface area contributed by atoms with Gasteiger partial charge in [0.15, 0.2) is 0 Å². The van der Waals surface area contributed by atoms with E-state index < -0.39 is 0 Å². The van der Waals surface area contributed by atoms with E-state index in [9.17, 15) is 9.59 Å². The van der Waals surface area contributed by atoms with Crippen molar-refractivity contribution in [3.05, 3.63) is 12.2 Å². The Balaban J connectivity index is 2.39. The normalized spacial score (nSPS) is 24.4. The molecule has 0 bridgehead atoms. The van der Waals surface area contributed by atoms with Gasteiger partial charge in [-0.15, -0.1) is 0 Å². The van der Waals surface area contributed by atoms with Crippen LogP contribution in [0.25, 0.3) is 0 Å². The highest BCUT2D eigenvalue weighted by Crippen LogP contribution is 2.29. The van der Waals surface area contributed by atoms with Crippen LogP contribution in [0, 0.1) is 5.41 Å². The first kappa shape index (κ1) is 14.7. The molecule has 5 nitrogen and oxygen atoms in total. The Bertz CT molecular complexity index is 341. The van der Waals surface area contributed by atoms with Crippen molar-refractivity contribution >= 4 is 11.9 Å². The Morgan fingerprint density at radius 2 is 2.22 bits per heavy atom. The van der Waals surface area contributed by atoms with Gasteiger partial charge in [0, 0.05) is 26.2 Å². The summed E-state index contributed by atoms with van der Waals surface area (Å²) in [7, 11) is 1.66. The van der Waals surface area contributed by atoms with Gasteiger partial charge in [-0.2, -0.15) is 0 Å². The largest absolute Gasteiger partial charge is 0.463 e. The minimum Gasteiger partial charge on any atom is -0.463 e. The second-order valence-electron chi connectivity index (χ2n) is 4.78. The molecule has 1 heterocycles. The molecular weight excluding hydrogens is 232 g/mol. The molecule has 1 fully saturated rings. The molecule has 1 rings (SSSR count). The molecule has 0 aliphatic carbocycles. The molecule has 0 aromatic rings. The third-order valence-corrected chi connectivity index (χ3v) is 3.23. The summed E-state index contributed by atoms with van der Waals surface area (Å²) in [5.41, 5.74) is -0.313. The van der Waals surface area contributed by atoms with Crippen LogP contribution in [0.3, 0.4) is 0 Å². The van der Waals surface area contributed by atoms with E-state index in [0.29, 0.717) is 13.2 Å². The van der Waals surface area contributed by atoms with Crippen molar-refractivity contribution in [3.63, 3.8) is 0 Å². The van der Waals surface area contributed by atoms with Gasteiger partial charge in [0.1, 0.15) is 0 Å². The highest BCUT2D eigenvalue weighted by atomic mass is 16.5. The van der Waals surface area contributed by atoms with Crippen molar-refractivity contribution < 1.29 is 14.3 Å². The maximum Gasteiger partial charge on any atom is 0.330 e. The first-order valence-corrected chi connectivity index (χ1v) is 6.29. The summed E-state index contributed by atoms with van der Waals surface area (Å²) in [6.45, 7) is 6.41. The van der Waals surface area contributed by atoms with Gasteiger partial charge in [-0.1, -0.05) is 6.08 Å². The van der Waals surface area contributed by atoms with Crippen LogP contribution in [0.15, 0.2) is 12.2 Å². The lowest BCUT2D eigenvalue weighted by Gasteiger charge is -2.22. The molecule has 1 aliphatic heterocycles. The number of nitrogens with zero attached hydrogens (tertiary/aromatic N) is 1. The van der Waals surface area contributed by atoms with Gasteiger partial charge < -0.3 is 10.1 Å². The van der Waals surface area contributed by atoms with Crippen molar-refractivity contribution in [2.75, 3.05) is 33.3 Å². The molecule has 1 aliphatic rings. The van der Waals surface area contributed by atoms with Gasteiger partial charge in [0.2, 0.25) is 5.91 Å². The fraction of sp³-hybridized carbons (Fsp3) is 0.692. The average molecular weight is 254 g/mol. The van der Waals surface area contributed by atoms with E-state index in [-0.39, 0.29) is 17.3 Å². The number of esters is 1. The van der Waals surface area contributed by atoms with E-state index in [1.54, 1.807) is 20.0 Å². The minimum absolute atomic E-state index is 0.0828. The molecule has 1 atom stereocenters. The summed E-state index contributed by atoms with van der Waals surface area (Å²) in [5.74, 6) is -0.231. The lowest BCUT2D eigenvalue weighted by Crippen LogP contribution is -2.39. The summed E-state index contributed by atoms with van der Waals surface area (Å²) >= 11 is 0. The van der Waals surface area contributed by atoms with E-state index in [2.05, 4.69) is 10.2 Å². The Hall–Kier alpha value is -1.36. The number of hydrogen-bond donors (Lipinski definition) is 1. The lowest BCUT2D eigenvalue weighted by atomic mass is 9.89. The maximum absolute atomic E-state index is 11.7. The Kier molecular flexibility index (Phi) is 5.34. The van der Waals surface area contributed by atoms with Crippen molar-refractivity contribution in [2.24, 2.45) is 5.41 Å². The summed E-state index contributed by atoms with van der Waals surface area (Å²) < 4.78 is 4.79. The lowest BCUT2D eigenvalue weighted by molar-refractivity contribution is -0.137. The SMILES string of the molecule is CCOC(=O)/C=C/CN1CCC(C)(C(=O)NC)C1. The number of amides is 1. The third-order valence-electron chi connectivity index (χ3n) is 3.23. The van der Waals surface area contributed by atoms with Gasteiger partial charge in [0.25, 0.3) is 0 Å². The molecule has 0 radical (unpaired) electrons. The number of ether oxygens (including phenoxy) is 1. The first-order chi connectivity index (χ1) is 8.51. The fourth-order valence-corrected chi connectivity index (χ4v) is 2.19. The predicted octanol–water partition coefficient (Wildman–Crippen LogP) is 0.564. The molecule has 1 saturated heterocycles. The van der Waals surface area contributed by atoms with Gasteiger partial charge >= 0.3 is 5.97 Å². The average Bonchev–Trinajstić information content (AvgIpc) is 2.72. The first-order valence-electron chi connectivity index (χ1n) is 6.29. The predicted molar refractivity (Wildman–Crippen MR) is 69.0 cm³/mol. The molecule has 0 aromatic heterocycles. The molecule has 1 N–H and O–H groups in total. The van der Waals surface area contributed by atoms with Crippen molar-refractivity contribution in [2.45, 2.75) is 20.3 Å². The van der Waals surface area contributed by atoms with Gasteiger partial charge in [-0.25, -0.2) is 4.79 Å². The quantitative estimate of drug-likeness (QED) is 0.575.